The van der Waals surface area contributed by atoms with Crippen molar-refractivity contribution in [3.63, 3.8) is 0 Å². The van der Waals surface area contributed by atoms with Gasteiger partial charge in [-0.05, 0) is 61.6 Å². The van der Waals surface area contributed by atoms with Gasteiger partial charge in [0.25, 0.3) is 0 Å². The first-order valence-corrected chi connectivity index (χ1v) is 9.53. The standard InChI is InChI=1S/C21H23NOS/c1-14-4-3-5-16(12-14)24-17-7-8-18-15(13-17)6-9-19-21(18,2)11-10-20(23)22-19/h3-5,7-8,12-13,19H,6,9-11H2,1-2H3,(H,22,23)/t19-,21-/m1/s1. The number of hydrogen-bond donors (Lipinski definition) is 1. The van der Waals surface area contributed by atoms with Crippen molar-refractivity contribution in [2.45, 2.75) is 60.8 Å². The predicted molar refractivity (Wildman–Crippen MR) is 98.6 cm³/mol. The normalized spacial score (nSPS) is 25.6. The Morgan fingerprint density at radius 2 is 1.96 bits per heavy atom. The van der Waals surface area contributed by atoms with Crippen LogP contribution in [0.15, 0.2) is 52.3 Å². The predicted octanol–water partition coefficient (Wildman–Crippen LogP) is 4.63. The molecule has 0 spiro atoms. The number of aryl methyl sites for hydroxylation is 2. The Bertz CT molecular complexity index is 800. The van der Waals surface area contributed by atoms with Crippen molar-refractivity contribution in [1.29, 1.82) is 0 Å². The first kappa shape index (κ1) is 15.8. The lowest BCUT2D eigenvalue weighted by Crippen LogP contribution is -2.55. The third-order valence-electron chi connectivity index (χ3n) is 5.60. The Morgan fingerprint density at radius 3 is 2.79 bits per heavy atom. The molecule has 0 unspecified atom stereocenters. The van der Waals surface area contributed by atoms with E-state index in [9.17, 15) is 4.79 Å². The maximum absolute atomic E-state index is 11.7. The molecule has 1 fully saturated rings. The summed E-state index contributed by atoms with van der Waals surface area (Å²) in [6, 6.07) is 15.9. The molecule has 1 aliphatic heterocycles. The Hall–Kier alpha value is -1.74. The van der Waals surface area contributed by atoms with E-state index in [1.165, 1.54) is 26.5 Å². The van der Waals surface area contributed by atoms with E-state index in [1.54, 1.807) is 0 Å². The van der Waals surface area contributed by atoms with E-state index in [-0.39, 0.29) is 11.3 Å². The van der Waals surface area contributed by atoms with Crippen LogP contribution in [0.3, 0.4) is 0 Å². The lowest BCUT2D eigenvalue weighted by atomic mass is 9.64. The van der Waals surface area contributed by atoms with Crippen LogP contribution < -0.4 is 5.32 Å². The SMILES string of the molecule is Cc1cccc(Sc2ccc3c(c2)CC[C@H]2NC(=O)CC[C@]32C)c1. The average Bonchev–Trinajstić information content (AvgIpc) is 2.55. The fourth-order valence-corrected chi connectivity index (χ4v) is 5.20. The number of carbonyl (C=O) groups excluding carboxylic acids is 1. The molecule has 2 aromatic rings. The van der Waals surface area contributed by atoms with Crippen LogP contribution in [0.1, 0.15) is 42.9 Å². The van der Waals surface area contributed by atoms with Crippen LogP contribution in [0.4, 0.5) is 0 Å². The minimum atomic E-state index is 0.0913. The molecule has 2 aliphatic rings. The molecule has 2 aromatic carbocycles. The molecule has 1 N–H and O–H groups in total. The molecule has 1 heterocycles. The molecule has 0 bridgehead atoms. The van der Waals surface area contributed by atoms with E-state index in [0.717, 1.165) is 19.3 Å². The molecule has 2 atom stereocenters. The summed E-state index contributed by atoms with van der Waals surface area (Å²) in [5.74, 6) is 0.215. The second-order valence-corrected chi connectivity index (χ2v) is 8.46. The molecule has 2 nitrogen and oxygen atoms in total. The zero-order valence-corrected chi connectivity index (χ0v) is 15.1. The minimum absolute atomic E-state index is 0.0913. The molecule has 0 radical (unpaired) electrons. The van der Waals surface area contributed by atoms with E-state index in [4.69, 9.17) is 0 Å². The van der Waals surface area contributed by atoms with Gasteiger partial charge in [0, 0.05) is 27.7 Å². The first-order valence-electron chi connectivity index (χ1n) is 8.72. The van der Waals surface area contributed by atoms with Crippen molar-refractivity contribution in [3.05, 3.63) is 59.2 Å². The van der Waals surface area contributed by atoms with Crippen LogP contribution >= 0.6 is 11.8 Å². The smallest absolute Gasteiger partial charge is 0.220 e. The van der Waals surface area contributed by atoms with E-state index in [0.29, 0.717) is 12.5 Å². The average molecular weight is 337 g/mol. The van der Waals surface area contributed by atoms with Gasteiger partial charge in [-0.15, -0.1) is 0 Å². The van der Waals surface area contributed by atoms with Gasteiger partial charge >= 0.3 is 0 Å². The number of fused-ring (bicyclic) bond motifs is 3. The summed E-state index contributed by atoms with van der Waals surface area (Å²) >= 11 is 1.83. The van der Waals surface area contributed by atoms with Crippen molar-refractivity contribution in [2.24, 2.45) is 0 Å². The molecule has 1 aliphatic carbocycles. The number of piperidine rings is 1. The highest BCUT2D eigenvalue weighted by atomic mass is 32.2. The Balaban J connectivity index is 1.64. The lowest BCUT2D eigenvalue weighted by molar-refractivity contribution is -0.125. The molecule has 124 valence electrons. The topological polar surface area (TPSA) is 29.1 Å². The van der Waals surface area contributed by atoms with Gasteiger partial charge in [-0.3, -0.25) is 4.79 Å². The van der Waals surface area contributed by atoms with E-state index in [1.807, 2.05) is 11.8 Å². The summed E-state index contributed by atoms with van der Waals surface area (Å²) in [5, 5.41) is 3.22. The second kappa shape index (κ2) is 5.96. The first-order chi connectivity index (χ1) is 11.5. The fraction of sp³-hybridized carbons (Fsp3) is 0.381. The van der Waals surface area contributed by atoms with Crippen LogP contribution in [-0.4, -0.2) is 11.9 Å². The number of hydrogen-bond acceptors (Lipinski definition) is 2. The van der Waals surface area contributed by atoms with Gasteiger partial charge in [0.15, 0.2) is 0 Å². The minimum Gasteiger partial charge on any atom is -0.352 e. The van der Waals surface area contributed by atoms with Gasteiger partial charge in [-0.2, -0.15) is 0 Å². The summed E-state index contributed by atoms with van der Waals surface area (Å²) < 4.78 is 0. The monoisotopic (exact) mass is 337 g/mol. The quantitative estimate of drug-likeness (QED) is 0.866. The van der Waals surface area contributed by atoms with Gasteiger partial charge in [0.2, 0.25) is 5.91 Å². The molecule has 3 heteroatoms. The molecule has 0 saturated carbocycles. The molecule has 1 saturated heterocycles. The zero-order chi connectivity index (χ0) is 16.7. The molecule has 4 rings (SSSR count). The van der Waals surface area contributed by atoms with Crippen LogP contribution in [0.5, 0.6) is 0 Å². The lowest BCUT2D eigenvalue weighted by Gasteiger charge is -2.46. The summed E-state index contributed by atoms with van der Waals surface area (Å²) in [7, 11) is 0. The Kier molecular flexibility index (Phi) is 3.92. The van der Waals surface area contributed by atoms with Crippen molar-refractivity contribution >= 4 is 17.7 Å². The third-order valence-corrected chi connectivity index (χ3v) is 6.57. The van der Waals surface area contributed by atoms with Crippen LogP contribution in [0, 0.1) is 6.92 Å². The summed E-state index contributed by atoms with van der Waals surface area (Å²) in [5.41, 5.74) is 4.29. The van der Waals surface area contributed by atoms with Gasteiger partial charge in [-0.25, -0.2) is 0 Å². The summed E-state index contributed by atoms with van der Waals surface area (Å²) in [4.78, 5) is 14.3. The second-order valence-electron chi connectivity index (χ2n) is 7.31. The highest BCUT2D eigenvalue weighted by Gasteiger charge is 2.43. The van der Waals surface area contributed by atoms with Crippen LogP contribution in [0.25, 0.3) is 0 Å². The number of amides is 1. The molecule has 0 aromatic heterocycles. The van der Waals surface area contributed by atoms with Crippen LogP contribution in [0.2, 0.25) is 0 Å². The van der Waals surface area contributed by atoms with Crippen LogP contribution in [-0.2, 0) is 16.6 Å². The van der Waals surface area contributed by atoms with Crippen molar-refractivity contribution in [3.8, 4) is 0 Å². The van der Waals surface area contributed by atoms with Gasteiger partial charge < -0.3 is 5.32 Å². The van der Waals surface area contributed by atoms with E-state index in [2.05, 4.69) is 61.6 Å². The highest BCUT2D eigenvalue weighted by molar-refractivity contribution is 7.99. The number of carbonyl (C=O) groups is 1. The van der Waals surface area contributed by atoms with Crippen molar-refractivity contribution in [2.75, 3.05) is 0 Å². The molecular formula is C21H23NOS. The Labute approximate surface area is 148 Å². The molecule has 24 heavy (non-hydrogen) atoms. The fourth-order valence-electron chi connectivity index (χ4n) is 4.20. The van der Waals surface area contributed by atoms with Gasteiger partial charge in [0.05, 0.1) is 0 Å². The zero-order valence-electron chi connectivity index (χ0n) is 14.3. The summed E-state index contributed by atoms with van der Waals surface area (Å²) in [6.45, 7) is 4.46. The maximum Gasteiger partial charge on any atom is 0.220 e. The van der Waals surface area contributed by atoms with Crippen molar-refractivity contribution in [1.82, 2.24) is 5.32 Å². The highest BCUT2D eigenvalue weighted by Crippen LogP contribution is 2.44. The molecule has 1 amide bonds. The maximum atomic E-state index is 11.7. The number of rotatable bonds is 2. The third kappa shape index (κ3) is 2.75. The summed E-state index contributed by atoms with van der Waals surface area (Å²) in [6.07, 6.45) is 3.71. The van der Waals surface area contributed by atoms with Crippen molar-refractivity contribution < 1.29 is 4.79 Å². The largest absolute Gasteiger partial charge is 0.352 e. The van der Waals surface area contributed by atoms with Gasteiger partial charge in [-0.1, -0.05) is 42.4 Å². The van der Waals surface area contributed by atoms with E-state index >= 15 is 0 Å². The number of benzene rings is 2. The van der Waals surface area contributed by atoms with E-state index < -0.39 is 0 Å². The molecular weight excluding hydrogens is 314 g/mol. The Morgan fingerprint density at radius 1 is 1.12 bits per heavy atom. The number of nitrogens with one attached hydrogen (secondary N) is 1. The van der Waals surface area contributed by atoms with Gasteiger partial charge in [0.1, 0.15) is 0 Å².